The highest BCUT2D eigenvalue weighted by atomic mass is 32.2. The van der Waals surface area contributed by atoms with Gasteiger partial charge >= 0.3 is 0 Å². The average Bonchev–Trinajstić information content (AvgIpc) is 2.95. The minimum absolute atomic E-state index is 0.136. The van der Waals surface area contributed by atoms with Gasteiger partial charge in [-0.1, -0.05) is 17.8 Å². The molecular weight excluding hydrogens is 286 g/mol. The Morgan fingerprint density at radius 3 is 3.05 bits per heavy atom. The van der Waals surface area contributed by atoms with Crippen LogP contribution in [0.15, 0.2) is 41.8 Å². The predicted molar refractivity (Wildman–Crippen MR) is 84.0 cm³/mol. The van der Waals surface area contributed by atoms with Crippen LogP contribution >= 0.6 is 11.8 Å². The number of benzene rings is 1. The third-order valence-corrected chi connectivity index (χ3v) is 3.69. The van der Waals surface area contributed by atoms with E-state index in [1.165, 1.54) is 0 Å². The molecule has 2 N–H and O–H groups in total. The second-order valence-corrected chi connectivity index (χ2v) is 5.50. The van der Waals surface area contributed by atoms with Crippen molar-refractivity contribution in [2.45, 2.75) is 24.6 Å². The normalized spacial score (nSPS) is 12.1. The van der Waals surface area contributed by atoms with E-state index in [1.54, 1.807) is 30.9 Å². The number of aromatic nitrogens is 2. The molecule has 1 amide bonds. The number of hydrogen-bond donors (Lipinski definition) is 2. The van der Waals surface area contributed by atoms with Crippen LogP contribution in [0.1, 0.15) is 23.7 Å². The smallest absolute Gasteiger partial charge is 0.251 e. The summed E-state index contributed by atoms with van der Waals surface area (Å²) in [6, 6.07) is 7.40. The largest absolute Gasteiger partial charge is 0.393 e. The van der Waals surface area contributed by atoms with Gasteiger partial charge in [-0.05, 0) is 37.8 Å². The summed E-state index contributed by atoms with van der Waals surface area (Å²) in [6.45, 7) is 2.16. The van der Waals surface area contributed by atoms with Crippen LogP contribution in [-0.2, 0) is 0 Å². The maximum Gasteiger partial charge on any atom is 0.251 e. The van der Waals surface area contributed by atoms with Gasteiger partial charge in [-0.15, -0.1) is 0 Å². The van der Waals surface area contributed by atoms with Crippen LogP contribution in [-0.4, -0.2) is 39.5 Å². The number of hydrogen-bond acceptors (Lipinski definition) is 4. The number of carbonyl (C=O) groups is 1. The van der Waals surface area contributed by atoms with E-state index >= 15 is 0 Å². The van der Waals surface area contributed by atoms with Crippen LogP contribution in [0.5, 0.6) is 0 Å². The molecule has 0 aliphatic heterocycles. The first kappa shape index (κ1) is 15.6. The van der Waals surface area contributed by atoms with Crippen LogP contribution in [0.2, 0.25) is 0 Å². The first-order valence-electron chi connectivity index (χ1n) is 6.76. The van der Waals surface area contributed by atoms with Gasteiger partial charge in [0.05, 0.1) is 6.10 Å². The van der Waals surface area contributed by atoms with Gasteiger partial charge in [0.2, 0.25) is 0 Å². The Hall–Kier alpha value is -1.79. The summed E-state index contributed by atoms with van der Waals surface area (Å²) >= 11 is 1.55. The van der Waals surface area contributed by atoms with E-state index in [0.29, 0.717) is 18.5 Å². The van der Waals surface area contributed by atoms with Gasteiger partial charge < -0.3 is 10.4 Å². The van der Waals surface area contributed by atoms with E-state index in [2.05, 4.69) is 10.3 Å². The number of thioether (sulfide) groups is 1. The van der Waals surface area contributed by atoms with Gasteiger partial charge in [0, 0.05) is 30.2 Å². The summed E-state index contributed by atoms with van der Waals surface area (Å²) in [5.74, 6) is -0.136. The minimum atomic E-state index is -0.410. The Morgan fingerprint density at radius 2 is 2.33 bits per heavy atom. The van der Waals surface area contributed by atoms with Crippen molar-refractivity contribution in [3.63, 3.8) is 0 Å². The van der Waals surface area contributed by atoms with Crippen molar-refractivity contribution in [1.29, 1.82) is 0 Å². The molecule has 1 aromatic heterocycles. The SMILES string of the molecule is CSc1nccn1-c1cccc(C(=O)NCCC(C)O)c1. The summed E-state index contributed by atoms with van der Waals surface area (Å²) in [4.78, 5) is 16.3. The Labute approximate surface area is 128 Å². The Morgan fingerprint density at radius 1 is 1.52 bits per heavy atom. The number of nitrogens with one attached hydrogen (secondary N) is 1. The van der Waals surface area contributed by atoms with Crippen LogP contribution in [0.4, 0.5) is 0 Å². The molecule has 2 rings (SSSR count). The maximum absolute atomic E-state index is 12.1. The number of nitrogens with zero attached hydrogens (tertiary/aromatic N) is 2. The summed E-state index contributed by atoms with van der Waals surface area (Å²) in [5.41, 5.74) is 1.50. The van der Waals surface area contributed by atoms with Crippen molar-refractivity contribution < 1.29 is 9.90 Å². The van der Waals surface area contributed by atoms with Gasteiger partial charge in [0.1, 0.15) is 0 Å². The van der Waals surface area contributed by atoms with E-state index < -0.39 is 6.10 Å². The second kappa shape index (κ2) is 7.28. The number of imidazole rings is 1. The first-order valence-corrected chi connectivity index (χ1v) is 7.98. The number of aliphatic hydroxyl groups excluding tert-OH is 1. The fourth-order valence-electron chi connectivity index (χ4n) is 1.93. The quantitative estimate of drug-likeness (QED) is 0.802. The molecule has 5 nitrogen and oxygen atoms in total. The molecule has 0 radical (unpaired) electrons. The first-order chi connectivity index (χ1) is 10.1. The van der Waals surface area contributed by atoms with Crippen molar-refractivity contribution in [1.82, 2.24) is 14.9 Å². The van der Waals surface area contributed by atoms with Crippen molar-refractivity contribution in [3.8, 4) is 5.69 Å². The molecule has 0 aliphatic carbocycles. The fourth-order valence-corrected chi connectivity index (χ4v) is 2.46. The molecule has 0 aliphatic rings. The van der Waals surface area contributed by atoms with E-state index in [1.807, 2.05) is 35.2 Å². The molecule has 0 saturated carbocycles. The van der Waals surface area contributed by atoms with Crippen LogP contribution < -0.4 is 5.32 Å². The summed E-state index contributed by atoms with van der Waals surface area (Å²) in [6.07, 6.45) is 5.71. The minimum Gasteiger partial charge on any atom is -0.393 e. The second-order valence-electron chi connectivity index (χ2n) is 4.73. The summed E-state index contributed by atoms with van der Waals surface area (Å²) in [7, 11) is 0. The molecule has 0 spiro atoms. The molecule has 1 atom stereocenters. The number of carbonyl (C=O) groups excluding carboxylic acids is 1. The molecule has 6 heteroatoms. The van der Waals surface area contributed by atoms with E-state index in [-0.39, 0.29) is 5.91 Å². The standard InChI is InChI=1S/C15H19N3O2S/c1-11(19)6-7-16-14(20)12-4-3-5-13(10-12)18-9-8-17-15(18)21-2/h3-5,8-11,19H,6-7H2,1-2H3,(H,16,20). The molecule has 1 heterocycles. The molecule has 0 bridgehead atoms. The average molecular weight is 305 g/mol. The lowest BCUT2D eigenvalue weighted by Gasteiger charge is -2.09. The highest BCUT2D eigenvalue weighted by Crippen LogP contribution is 2.18. The number of amides is 1. The maximum atomic E-state index is 12.1. The van der Waals surface area contributed by atoms with Crippen molar-refractivity contribution >= 4 is 17.7 Å². The summed E-state index contributed by atoms with van der Waals surface area (Å²) in [5, 5.41) is 12.9. The number of rotatable bonds is 6. The lowest BCUT2D eigenvalue weighted by atomic mass is 10.2. The zero-order chi connectivity index (χ0) is 15.2. The van der Waals surface area contributed by atoms with Crippen molar-refractivity contribution in [2.24, 2.45) is 0 Å². The molecule has 1 unspecified atom stereocenters. The van der Waals surface area contributed by atoms with Gasteiger partial charge in [-0.3, -0.25) is 9.36 Å². The Kier molecular flexibility index (Phi) is 5.41. The van der Waals surface area contributed by atoms with Gasteiger partial charge in [-0.2, -0.15) is 0 Å². The molecule has 0 saturated heterocycles. The van der Waals surface area contributed by atoms with E-state index in [0.717, 1.165) is 10.8 Å². The van der Waals surface area contributed by atoms with Crippen LogP contribution in [0.25, 0.3) is 5.69 Å². The van der Waals surface area contributed by atoms with Crippen molar-refractivity contribution in [2.75, 3.05) is 12.8 Å². The molecule has 21 heavy (non-hydrogen) atoms. The Balaban J connectivity index is 2.12. The molecule has 0 fully saturated rings. The fraction of sp³-hybridized carbons (Fsp3) is 0.333. The molecular formula is C15H19N3O2S. The Bertz CT molecular complexity index is 610. The third-order valence-electron chi connectivity index (χ3n) is 3.02. The van der Waals surface area contributed by atoms with Crippen LogP contribution in [0.3, 0.4) is 0 Å². The van der Waals surface area contributed by atoms with Crippen molar-refractivity contribution in [3.05, 3.63) is 42.2 Å². The molecule has 112 valence electrons. The zero-order valence-electron chi connectivity index (χ0n) is 12.1. The molecule has 1 aromatic carbocycles. The zero-order valence-corrected chi connectivity index (χ0v) is 12.9. The lowest BCUT2D eigenvalue weighted by molar-refractivity contribution is 0.0945. The lowest BCUT2D eigenvalue weighted by Crippen LogP contribution is -2.26. The van der Waals surface area contributed by atoms with Gasteiger partial charge in [-0.25, -0.2) is 4.98 Å². The number of aliphatic hydroxyl groups is 1. The molecule has 2 aromatic rings. The van der Waals surface area contributed by atoms with Gasteiger partial charge in [0.25, 0.3) is 5.91 Å². The monoisotopic (exact) mass is 305 g/mol. The topological polar surface area (TPSA) is 67.2 Å². The highest BCUT2D eigenvalue weighted by molar-refractivity contribution is 7.98. The van der Waals surface area contributed by atoms with E-state index in [9.17, 15) is 9.90 Å². The highest BCUT2D eigenvalue weighted by Gasteiger charge is 2.09. The van der Waals surface area contributed by atoms with E-state index in [4.69, 9.17) is 0 Å². The van der Waals surface area contributed by atoms with Crippen LogP contribution in [0, 0.1) is 0 Å². The van der Waals surface area contributed by atoms with Gasteiger partial charge in [0.15, 0.2) is 5.16 Å². The predicted octanol–water partition coefficient (Wildman–Crippen LogP) is 2.09. The summed E-state index contributed by atoms with van der Waals surface area (Å²) < 4.78 is 1.94. The third kappa shape index (κ3) is 4.09.